The van der Waals surface area contributed by atoms with Crippen molar-refractivity contribution in [3.8, 4) is 6.07 Å². The number of hydrogen-bond donors (Lipinski definition) is 1. The lowest BCUT2D eigenvalue weighted by Crippen LogP contribution is -2.27. The lowest BCUT2D eigenvalue weighted by atomic mass is 9.96. The second-order valence-electron chi connectivity index (χ2n) is 5.05. The van der Waals surface area contributed by atoms with E-state index >= 15 is 0 Å². The number of nitrogens with zero attached hydrogens (tertiary/aromatic N) is 2. The van der Waals surface area contributed by atoms with Gasteiger partial charge in [0.2, 0.25) is 0 Å². The third-order valence-corrected chi connectivity index (χ3v) is 3.73. The second kappa shape index (κ2) is 4.52. The summed E-state index contributed by atoms with van der Waals surface area (Å²) in [5.41, 5.74) is 0.815. The molecule has 1 saturated carbocycles. The van der Waals surface area contributed by atoms with E-state index in [0.29, 0.717) is 6.54 Å². The molecular formula is C12H17N3S. The lowest BCUT2D eigenvalue weighted by molar-refractivity contribution is 0.443. The van der Waals surface area contributed by atoms with Gasteiger partial charge in [0.1, 0.15) is 0 Å². The number of thiazole rings is 1. The number of aromatic nitrogens is 1. The first-order valence-electron chi connectivity index (χ1n) is 5.67. The van der Waals surface area contributed by atoms with Gasteiger partial charge < -0.3 is 5.32 Å². The van der Waals surface area contributed by atoms with Gasteiger partial charge in [0.15, 0.2) is 0 Å². The molecule has 1 aromatic heterocycles. The monoisotopic (exact) mass is 235 g/mol. The van der Waals surface area contributed by atoms with Crippen LogP contribution in [0.4, 0.5) is 0 Å². The smallest absolute Gasteiger partial charge is 0.0959 e. The molecule has 0 unspecified atom stereocenters. The number of rotatable bonds is 5. The van der Waals surface area contributed by atoms with Crippen molar-refractivity contribution in [2.45, 2.75) is 39.2 Å². The highest BCUT2D eigenvalue weighted by molar-refractivity contribution is 7.09. The third kappa shape index (κ3) is 3.03. The fourth-order valence-electron chi connectivity index (χ4n) is 1.46. The molecular weight excluding hydrogens is 218 g/mol. The molecule has 0 atom stereocenters. The van der Waals surface area contributed by atoms with Crippen LogP contribution in [0.5, 0.6) is 0 Å². The van der Waals surface area contributed by atoms with Crippen molar-refractivity contribution >= 4 is 11.3 Å². The van der Waals surface area contributed by atoms with Gasteiger partial charge in [-0.25, -0.2) is 4.98 Å². The summed E-state index contributed by atoms with van der Waals surface area (Å²) in [6.45, 7) is 5.36. The maximum absolute atomic E-state index is 8.87. The summed E-state index contributed by atoms with van der Waals surface area (Å²) >= 11 is 1.77. The summed E-state index contributed by atoms with van der Waals surface area (Å²) in [5.74, 6) is 0.745. The second-order valence-corrected chi connectivity index (χ2v) is 5.94. The Bertz CT molecular complexity index is 399. The third-order valence-electron chi connectivity index (χ3n) is 2.67. The van der Waals surface area contributed by atoms with E-state index in [4.69, 9.17) is 5.26 Å². The summed E-state index contributed by atoms with van der Waals surface area (Å²) < 4.78 is 0. The molecule has 0 aliphatic heterocycles. The Morgan fingerprint density at radius 2 is 2.38 bits per heavy atom. The van der Waals surface area contributed by atoms with Crippen LogP contribution in [-0.4, -0.2) is 11.5 Å². The minimum absolute atomic E-state index is 0.296. The minimum atomic E-state index is -0.296. The zero-order valence-corrected chi connectivity index (χ0v) is 10.6. The van der Waals surface area contributed by atoms with Gasteiger partial charge in [-0.2, -0.15) is 5.26 Å². The summed E-state index contributed by atoms with van der Waals surface area (Å²) in [6, 6.07) is 2.28. The normalized spacial score (nSPS) is 16.1. The highest BCUT2D eigenvalue weighted by Gasteiger charge is 2.26. The Hall–Kier alpha value is -0.920. The molecule has 2 rings (SSSR count). The first kappa shape index (κ1) is 11.6. The number of nitriles is 1. The summed E-state index contributed by atoms with van der Waals surface area (Å²) in [6.07, 6.45) is 2.61. The number of nitrogens with one attached hydrogen (secondary N) is 1. The molecule has 0 radical (unpaired) electrons. The van der Waals surface area contributed by atoms with Gasteiger partial charge in [-0.15, -0.1) is 11.3 Å². The van der Waals surface area contributed by atoms with Crippen molar-refractivity contribution in [2.75, 3.05) is 6.54 Å². The molecule has 0 saturated heterocycles. The Morgan fingerprint density at radius 1 is 1.62 bits per heavy atom. The number of hydrogen-bond acceptors (Lipinski definition) is 4. The summed E-state index contributed by atoms with van der Waals surface area (Å²) in [5, 5.41) is 15.6. The lowest BCUT2D eigenvalue weighted by Gasteiger charge is -2.14. The predicted molar refractivity (Wildman–Crippen MR) is 65.2 cm³/mol. The van der Waals surface area contributed by atoms with Gasteiger partial charge in [0.25, 0.3) is 0 Å². The van der Waals surface area contributed by atoms with E-state index in [0.717, 1.165) is 18.2 Å². The van der Waals surface area contributed by atoms with E-state index in [1.54, 1.807) is 11.3 Å². The Kier molecular flexibility index (Phi) is 3.27. The molecule has 1 aromatic rings. The quantitative estimate of drug-likeness (QED) is 0.853. The van der Waals surface area contributed by atoms with Crippen LogP contribution in [0.1, 0.15) is 43.3 Å². The molecule has 4 heteroatoms. The summed E-state index contributed by atoms with van der Waals surface area (Å²) in [4.78, 5) is 4.59. The largest absolute Gasteiger partial charge is 0.310 e. The average Bonchev–Trinajstić information content (AvgIpc) is 3.00. The highest BCUT2D eigenvalue weighted by Crippen LogP contribution is 2.41. The predicted octanol–water partition coefficient (Wildman–Crippen LogP) is 2.66. The van der Waals surface area contributed by atoms with Crippen LogP contribution in [-0.2, 0) is 6.54 Å². The Labute approximate surface area is 101 Å². The van der Waals surface area contributed by atoms with E-state index in [1.165, 1.54) is 17.8 Å². The molecule has 3 nitrogen and oxygen atoms in total. The first-order valence-corrected chi connectivity index (χ1v) is 6.55. The molecule has 0 spiro atoms. The molecule has 0 aromatic carbocycles. The van der Waals surface area contributed by atoms with Gasteiger partial charge in [-0.1, -0.05) is 0 Å². The highest BCUT2D eigenvalue weighted by atomic mass is 32.1. The van der Waals surface area contributed by atoms with Crippen molar-refractivity contribution in [1.82, 2.24) is 10.3 Å². The average molecular weight is 235 g/mol. The van der Waals surface area contributed by atoms with E-state index < -0.39 is 0 Å². The fourth-order valence-corrected chi connectivity index (χ4v) is 2.46. The summed E-state index contributed by atoms with van der Waals surface area (Å²) in [7, 11) is 0. The van der Waals surface area contributed by atoms with Gasteiger partial charge in [0, 0.05) is 24.4 Å². The maximum atomic E-state index is 8.87. The topological polar surface area (TPSA) is 48.7 Å². The van der Waals surface area contributed by atoms with Crippen molar-refractivity contribution in [3.05, 3.63) is 16.1 Å². The van der Waals surface area contributed by atoms with Crippen LogP contribution in [0.2, 0.25) is 0 Å². The van der Waals surface area contributed by atoms with Gasteiger partial charge in [0.05, 0.1) is 22.2 Å². The van der Waals surface area contributed by atoms with E-state index in [2.05, 4.69) is 21.8 Å². The van der Waals surface area contributed by atoms with Crippen LogP contribution < -0.4 is 5.32 Å². The zero-order chi connectivity index (χ0) is 11.6. The molecule has 1 heterocycles. The molecule has 16 heavy (non-hydrogen) atoms. The van der Waals surface area contributed by atoms with E-state index in [9.17, 15) is 0 Å². The standard InChI is InChI=1S/C12H17N3S/c1-12(2,7-13)8-14-5-10-6-16-11(15-10)9-3-4-9/h6,9,14H,3-5,8H2,1-2H3. The maximum Gasteiger partial charge on any atom is 0.0959 e. The fraction of sp³-hybridized carbons (Fsp3) is 0.667. The van der Waals surface area contributed by atoms with Gasteiger partial charge in [-0.05, 0) is 26.7 Å². The van der Waals surface area contributed by atoms with Crippen LogP contribution in [0.15, 0.2) is 5.38 Å². The Morgan fingerprint density at radius 3 is 3.00 bits per heavy atom. The van der Waals surface area contributed by atoms with Crippen molar-refractivity contribution in [2.24, 2.45) is 5.41 Å². The van der Waals surface area contributed by atoms with Crippen molar-refractivity contribution in [3.63, 3.8) is 0 Å². The van der Waals surface area contributed by atoms with Crippen molar-refractivity contribution < 1.29 is 0 Å². The molecule has 1 aliphatic carbocycles. The van der Waals surface area contributed by atoms with Crippen LogP contribution in [0.3, 0.4) is 0 Å². The SMILES string of the molecule is CC(C)(C#N)CNCc1csc(C2CC2)n1. The van der Waals surface area contributed by atoms with Crippen LogP contribution >= 0.6 is 11.3 Å². The van der Waals surface area contributed by atoms with Crippen molar-refractivity contribution in [1.29, 1.82) is 5.26 Å². The molecule has 1 aliphatic rings. The first-order chi connectivity index (χ1) is 7.61. The van der Waals surface area contributed by atoms with E-state index in [1.807, 2.05) is 13.8 Å². The van der Waals surface area contributed by atoms with Crippen LogP contribution in [0.25, 0.3) is 0 Å². The Balaban J connectivity index is 1.79. The molecule has 0 amide bonds. The molecule has 0 bridgehead atoms. The van der Waals surface area contributed by atoms with Gasteiger partial charge in [-0.3, -0.25) is 0 Å². The van der Waals surface area contributed by atoms with Gasteiger partial charge >= 0.3 is 0 Å². The minimum Gasteiger partial charge on any atom is -0.310 e. The zero-order valence-electron chi connectivity index (χ0n) is 9.79. The van der Waals surface area contributed by atoms with Crippen LogP contribution in [0, 0.1) is 16.7 Å². The van der Waals surface area contributed by atoms with E-state index in [-0.39, 0.29) is 5.41 Å². The molecule has 1 N–H and O–H groups in total. The molecule has 86 valence electrons. The molecule has 1 fully saturated rings.